The van der Waals surface area contributed by atoms with Crippen LogP contribution in [0.5, 0.6) is 0 Å². The van der Waals surface area contributed by atoms with Crippen LogP contribution in [0.1, 0.15) is 25.0 Å². The van der Waals surface area contributed by atoms with E-state index in [9.17, 15) is 0 Å². The Balaban J connectivity index is 1.06. The Morgan fingerprint density at radius 2 is 0.945 bits per heavy atom. The van der Waals surface area contributed by atoms with Gasteiger partial charge < -0.3 is 9.47 Å². The van der Waals surface area contributed by atoms with Crippen molar-refractivity contribution in [2.45, 2.75) is 19.3 Å². The molecule has 0 unspecified atom stereocenters. The third-order valence-electron chi connectivity index (χ3n) is 11.9. The van der Waals surface area contributed by atoms with Crippen LogP contribution in [0.3, 0.4) is 0 Å². The van der Waals surface area contributed by atoms with Gasteiger partial charge in [0.1, 0.15) is 0 Å². The van der Waals surface area contributed by atoms with Crippen LogP contribution in [0.25, 0.3) is 71.3 Å². The third kappa shape index (κ3) is 4.95. The fraction of sp³-hybridized carbons (Fsp3) is 0.0566. The topological polar surface area (TPSA) is 8.17 Å². The Labute approximate surface area is 321 Å². The van der Waals surface area contributed by atoms with Crippen LogP contribution in [0, 0.1) is 0 Å². The lowest BCUT2D eigenvalue weighted by Crippen LogP contribution is -2.14. The van der Waals surface area contributed by atoms with Crippen LogP contribution in [0.15, 0.2) is 194 Å². The van der Waals surface area contributed by atoms with Crippen molar-refractivity contribution in [1.29, 1.82) is 0 Å². The first-order chi connectivity index (χ1) is 27.0. The molecule has 0 atom stereocenters. The number of nitrogens with zero attached hydrogens (tertiary/aromatic N) is 2. The molecule has 2 heteroatoms. The van der Waals surface area contributed by atoms with Gasteiger partial charge in [0.05, 0.1) is 11.0 Å². The molecule has 1 aliphatic carbocycles. The Morgan fingerprint density at radius 3 is 1.64 bits per heavy atom. The highest BCUT2D eigenvalue weighted by molar-refractivity contribution is 6.12. The van der Waals surface area contributed by atoms with Crippen molar-refractivity contribution in [3.8, 4) is 27.9 Å². The lowest BCUT2D eigenvalue weighted by molar-refractivity contribution is 0.661. The molecule has 55 heavy (non-hydrogen) atoms. The first-order valence-electron chi connectivity index (χ1n) is 19.2. The molecule has 0 amide bonds. The zero-order valence-corrected chi connectivity index (χ0v) is 30.9. The zero-order chi connectivity index (χ0) is 36.7. The zero-order valence-electron chi connectivity index (χ0n) is 30.9. The Bertz CT molecular complexity index is 3030. The van der Waals surface area contributed by atoms with E-state index < -0.39 is 0 Å². The highest BCUT2D eigenvalue weighted by Crippen LogP contribution is 2.51. The summed E-state index contributed by atoms with van der Waals surface area (Å²) >= 11 is 0. The predicted octanol–water partition coefficient (Wildman–Crippen LogP) is 14.5. The summed E-state index contributed by atoms with van der Waals surface area (Å²) in [6, 6.07) is 71.4. The molecular formula is C53H38N2. The summed E-state index contributed by atoms with van der Waals surface area (Å²) in [5.74, 6) is 0. The van der Waals surface area contributed by atoms with Crippen molar-refractivity contribution < 1.29 is 0 Å². The summed E-state index contributed by atoms with van der Waals surface area (Å²) in [5.41, 5.74) is 14.8. The van der Waals surface area contributed by atoms with Gasteiger partial charge in [-0.25, -0.2) is 0 Å². The highest BCUT2D eigenvalue weighted by atomic mass is 15.1. The molecule has 10 aromatic rings. The SMILES string of the molecule is CC1(C)c2ccccc2-c2cc3c4cc(-c5ccc(N(c6ccc7ccccc7c6)c6ccc7ccccc7c6)cc5)ccc4n(-c4ccccc4)c3cc21. The van der Waals surface area contributed by atoms with Gasteiger partial charge in [-0.15, -0.1) is 0 Å². The van der Waals surface area contributed by atoms with E-state index in [-0.39, 0.29) is 5.41 Å². The van der Waals surface area contributed by atoms with Gasteiger partial charge in [-0.2, -0.15) is 0 Å². The Morgan fingerprint density at radius 1 is 0.382 bits per heavy atom. The average Bonchev–Trinajstić information content (AvgIpc) is 3.67. The van der Waals surface area contributed by atoms with Gasteiger partial charge in [0.15, 0.2) is 0 Å². The van der Waals surface area contributed by atoms with Gasteiger partial charge in [-0.3, -0.25) is 0 Å². The summed E-state index contributed by atoms with van der Waals surface area (Å²) < 4.78 is 2.45. The first kappa shape index (κ1) is 31.6. The lowest BCUT2D eigenvalue weighted by atomic mass is 9.82. The minimum absolute atomic E-state index is 0.0709. The summed E-state index contributed by atoms with van der Waals surface area (Å²) in [7, 11) is 0. The number of hydrogen-bond acceptors (Lipinski definition) is 1. The molecule has 0 N–H and O–H groups in total. The van der Waals surface area contributed by atoms with Gasteiger partial charge >= 0.3 is 0 Å². The van der Waals surface area contributed by atoms with Crippen LogP contribution >= 0.6 is 0 Å². The number of aromatic nitrogens is 1. The van der Waals surface area contributed by atoms with E-state index in [2.05, 4.69) is 217 Å². The molecular weight excluding hydrogens is 665 g/mol. The molecule has 0 saturated heterocycles. The molecule has 2 nitrogen and oxygen atoms in total. The average molecular weight is 703 g/mol. The Kier molecular flexibility index (Phi) is 6.93. The van der Waals surface area contributed by atoms with Crippen molar-refractivity contribution in [2.75, 3.05) is 4.90 Å². The van der Waals surface area contributed by atoms with Crippen LogP contribution in [-0.4, -0.2) is 4.57 Å². The second kappa shape index (κ2) is 12.1. The van der Waals surface area contributed by atoms with E-state index in [4.69, 9.17) is 0 Å². The van der Waals surface area contributed by atoms with Crippen LogP contribution < -0.4 is 4.90 Å². The maximum absolute atomic E-state index is 2.46. The highest BCUT2D eigenvalue weighted by Gasteiger charge is 2.36. The lowest BCUT2D eigenvalue weighted by Gasteiger charge is -2.26. The quantitative estimate of drug-likeness (QED) is 0.173. The molecule has 0 bridgehead atoms. The van der Waals surface area contributed by atoms with E-state index in [0.29, 0.717) is 0 Å². The van der Waals surface area contributed by atoms with Crippen molar-refractivity contribution >= 4 is 60.4 Å². The largest absolute Gasteiger partial charge is 0.310 e. The van der Waals surface area contributed by atoms with Gasteiger partial charge in [0.2, 0.25) is 0 Å². The predicted molar refractivity (Wildman–Crippen MR) is 233 cm³/mol. The Hall–Kier alpha value is -6.90. The number of rotatable bonds is 5. The molecule has 1 heterocycles. The number of hydrogen-bond donors (Lipinski definition) is 0. The minimum atomic E-state index is -0.0709. The summed E-state index contributed by atoms with van der Waals surface area (Å²) in [6.45, 7) is 4.73. The molecule has 1 aliphatic rings. The maximum atomic E-state index is 2.46. The summed E-state index contributed by atoms with van der Waals surface area (Å²) in [5, 5.41) is 7.47. The first-order valence-corrected chi connectivity index (χ1v) is 19.2. The standard InChI is InChI=1S/C53H38N2/c1-53(2)49-19-11-10-18-45(49)46-33-48-47-32-40(24-29-51(47)55(52(48)34-50(46)53)41-16-4-3-5-17-41)37-20-25-42(26-21-37)54(43-27-22-35-12-6-8-14-38(35)30-43)44-28-23-36-13-7-9-15-39(36)31-44/h3-34H,1-2H3. The monoisotopic (exact) mass is 702 g/mol. The molecule has 0 saturated carbocycles. The van der Waals surface area contributed by atoms with Gasteiger partial charge in [0, 0.05) is 38.9 Å². The van der Waals surface area contributed by atoms with E-state index in [1.54, 1.807) is 0 Å². The molecule has 9 aromatic carbocycles. The number of benzene rings is 9. The molecule has 11 rings (SSSR count). The van der Waals surface area contributed by atoms with Crippen molar-refractivity contribution in [2.24, 2.45) is 0 Å². The van der Waals surface area contributed by atoms with Crippen LogP contribution in [0.2, 0.25) is 0 Å². The van der Waals surface area contributed by atoms with Crippen molar-refractivity contribution in [1.82, 2.24) is 4.57 Å². The molecule has 0 radical (unpaired) electrons. The van der Waals surface area contributed by atoms with E-state index in [1.165, 1.54) is 82.4 Å². The summed E-state index contributed by atoms with van der Waals surface area (Å²) in [6.07, 6.45) is 0. The normalized spacial score (nSPS) is 13.1. The van der Waals surface area contributed by atoms with Crippen LogP contribution in [0.4, 0.5) is 17.1 Å². The molecule has 0 aliphatic heterocycles. The van der Waals surface area contributed by atoms with Gasteiger partial charge in [0.25, 0.3) is 0 Å². The molecule has 260 valence electrons. The van der Waals surface area contributed by atoms with E-state index >= 15 is 0 Å². The van der Waals surface area contributed by atoms with Gasteiger partial charge in [-0.1, -0.05) is 135 Å². The maximum Gasteiger partial charge on any atom is 0.0544 e. The molecule has 0 fully saturated rings. The number of para-hydroxylation sites is 1. The second-order valence-electron chi connectivity index (χ2n) is 15.4. The minimum Gasteiger partial charge on any atom is -0.310 e. The fourth-order valence-electron chi connectivity index (χ4n) is 9.13. The second-order valence-corrected chi connectivity index (χ2v) is 15.4. The van der Waals surface area contributed by atoms with Crippen molar-refractivity contribution in [3.05, 3.63) is 205 Å². The van der Waals surface area contributed by atoms with Crippen molar-refractivity contribution in [3.63, 3.8) is 0 Å². The third-order valence-corrected chi connectivity index (χ3v) is 11.9. The van der Waals surface area contributed by atoms with E-state index in [1.807, 2.05) is 0 Å². The fourth-order valence-corrected chi connectivity index (χ4v) is 9.13. The number of anilines is 3. The van der Waals surface area contributed by atoms with Crippen LogP contribution in [-0.2, 0) is 5.41 Å². The molecule has 0 spiro atoms. The van der Waals surface area contributed by atoms with Gasteiger partial charge in [-0.05, 0) is 128 Å². The smallest absolute Gasteiger partial charge is 0.0544 e. The number of fused-ring (bicyclic) bond motifs is 8. The van der Waals surface area contributed by atoms with E-state index in [0.717, 1.165) is 17.1 Å². The summed E-state index contributed by atoms with van der Waals surface area (Å²) in [4.78, 5) is 2.37. The molecule has 1 aromatic heterocycles.